The Labute approximate surface area is 85.2 Å². The van der Waals surface area contributed by atoms with E-state index in [4.69, 9.17) is 0 Å². The number of benzene rings is 2. The van der Waals surface area contributed by atoms with Crippen LogP contribution >= 0.6 is 0 Å². The van der Waals surface area contributed by atoms with Crippen LogP contribution in [-0.4, -0.2) is 0 Å². The average Bonchev–Trinajstić information content (AvgIpc) is 2.30. The highest BCUT2D eigenvalue weighted by Gasteiger charge is 2.06. The number of hydrogen-bond donors (Lipinski definition) is 0. The summed E-state index contributed by atoms with van der Waals surface area (Å²) in [5.74, 6) is 0.428. The zero-order valence-electron chi connectivity index (χ0n) is 8.27. The first-order valence-corrected chi connectivity index (χ1v) is 4.89. The van der Waals surface area contributed by atoms with Gasteiger partial charge in [-0.1, -0.05) is 61.5 Å². The second-order valence-electron chi connectivity index (χ2n) is 3.45. The molecule has 1 atom stereocenters. The van der Waals surface area contributed by atoms with E-state index >= 15 is 0 Å². The maximum Gasteiger partial charge on any atom is 0.00671 e. The SMILES string of the molecule is C[C@H](c1[c]cccc1)c1ccccc1. The summed E-state index contributed by atoms with van der Waals surface area (Å²) >= 11 is 0. The molecule has 0 saturated heterocycles. The summed E-state index contributed by atoms with van der Waals surface area (Å²) < 4.78 is 0. The summed E-state index contributed by atoms with van der Waals surface area (Å²) in [5, 5.41) is 0. The third-order valence-corrected chi connectivity index (χ3v) is 2.50. The molecule has 0 aliphatic heterocycles. The Bertz CT molecular complexity index is 336. The van der Waals surface area contributed by atoms with Crippen LogP contribution < -0.4 is 0 Å². The molecule has 14 heavy (non-hydrogen) atoms. The molecule has 0 nitrogen and oxygen atoms in total. The standard InChI is InChI=1S/C14H13/c1-12(13-8-4-2-5-9-13)14-10-6-3-7-11-14/h2-10,12H,1H3/t12-/m0/s1. The van der Waals surface area contributed by atoms with E-state index in [1.165, 1.54) is 11.1 Å². The summed E-state index contributed by atoms with van der Waals surface area (Å²) in [6.45, 7) is 2.21. The van der Waals surface area contributed by atoms with Gasteiger partial charge in [0.15, 0.2) is 0 Å². The molecule has 0 unspecified atom stereocenters. The van der Waals surface area contributed by atoms with Gasteiger partial charge in [-0.25, -0.2) is 0 Å². The Kier molecular flexibility index (Phi) is 2.64. The van der Waals surface area contributed by atoms with Crippen molar-refractivity contribution < 1.29 is 0 Å². The first-order chi connectivity index (χ1) is 6.88. The molecular formula is C14H13. The van der Waals surface area contributed by atoms with Gasteiger partial charge in [-0.05, 0) is 17.2 Å². The molecule has 0 spiro atoms. The van der Waals surface area contributed by atoms with Crippen molar-refractivity contribution in [1.82, 2.24) is 0 Å². The van der Waals surface area contributed by atoms with Crippen molar-refractivity contribution in [1.29, 1.82) is 0 Å². The Morgan fingerprint density at radius 1 is 0.929 bits per heavy atom. The molecule has 2 rings (SSSR count). The van der Waals surface area contributed by atoms with E-state index in [9.17, 15) is 0 Å². The molecule has 0 aromatic heterocycles. The summed E-state index contributed by atoms with van der Waals surface area (Å²) in [4.78, 5) is 0. The van der Waals surface area contributed by atoms with Gasteiger partial charge < -0.3 is 0 Å². The predicted octanol–water partition coefficient (Wildman–Crippen LogP) is 3.64. The summed E-state index contributed by atoms with van der Waals surface area (Å²) in [7, 11) is 0. The van der Waals surface area contributed by atoms with Crippen LogP contribution in [0.4, 0.5) is 0 Å². The average molecular weight is 181 g/mol. The van der Waals surface area contributed by atoms with Gasteiger partial charge in [0.1, 0.15) is 0 Å². The van der Waals surface area contributed by atoms with Crippen LogP contribution in [0, 0.1) is 6.07 Å². The fraction of sp³-hybridized carbons (Fsp3) is 0.143. The van der Waals surface area contributed by atoms with Crippen molar-refractivity contribution in [3.8, 4) is 0 Å². The Morgan fingerprint density at radius 2 is 1.64 bits per heavy atom. The molecule has 0 heterocycles. The molecule has 2 aromatic rings. The molecule has 0 aliphatic rings. The molecule has 69 valence electrons. The van der Waals surface area contributed by atoms with Crippen LogP contribution in [0.25, 0.3) is 0 Å². The highest BCUT2D eigenvalue weighted by Crippen LogP contribution is 2.22. The second-order valence-corrected chi connectivity index (χ2v) is 3.45. The Balaban J connectivity index is 2.30. The van der Waals surface area contributed by atoms with E-state index in [-0.39, 0.29) is 0 Å². The fourth-order valence-corrected chi connectivity index (χ4v) is 1.60. The Morgan fingerprint density at radius 3 is 2.29 bits per heavy atom. The zero-order chi connectivity index (χ0) is 9.80. The summed E-state index contributed by atoms with van der Waals surface area (Å²) in [6, 6.07) is 21.9. The third-order valence-electron chi connectivity index (χ3n) is 2.50. The van der Waals surface area contributed by atoms with E-state index < -0.39 is 0 Å². The topological polar surface area (TPSA) is 0 Å². The molecule has 0 bridgehead atoms. The van der Waals surface area contributed by atoms with Gasteiger partial charge in [-0.3, -0.25) is 0 Å². The minimum atomic E-state index is 0.428. The summed E-state index contributed by atoms with van der Waals surface area (Å²) in [5.41, 5.74) is 2.59. The van der Waals surface area contributed by atoms with Crippen molar-refractivity contribution in [2.75, 3.05) is 0 Å². The minimum Gasteiger partial charge on any atom is -0.0622 e. The van der Waals surface area contributed by atoms with Crippen molar-refractivity contribution in [3.05, 3.63) is 71.8 Å². The lowest BCUT2D eigenvalue weighted by molar-refractivity contribution is 0.920. The smallest absolute Gasteiger partial charge is 0.00671 e. The van der Waals surface area contributed by atoms with Crippen molar-refractivity contribution in [2.45, 2.75) is 12.8 Å². The van der Waals surface area contributed by atoms with Crippen LogP contribution in [0.5, 0.6) is 0 Å². The quantitative estimate of drug-likeness (QED) is 0.663. The van der Waals surface area contributed by atoms with Crippen LogP contribution in [0.3, 0.4) is 0 Å². The van der Waals surface area contributed by atoms with Crippen LogP contribution in [0.15, 0.2) is 54.6 Å². The zero-order valence-corrected chi connectivity index (χ0v) is 8.27. The van der Waals surface area contributed by atoms with Crippen molar-refractivity contribution >= 4 is 0 Å². The van der Waals surface area contributed by atoms with Gasteiger partial charge in [-0.15, -0.1) is 0 Å². The van der Waals surface area contributed by atoms with Gasteiger partial charge in [-0.2, -0.15) is 0 Å². The molecule has 0 amide bonds. The van der Waals surface area contributed by atoms with E-state index in [0.717, 1.165) is 0 Å². The van der Waals surface area contributed by atoms with Crippen LogP contribution in [0.2, 0.25) is 0 Å². The molecule has 0 N–H and O–H groups in total. The van der Waals surface area contributed by atoms with Gasteiger partial charge in [0, 0.05) is 5.92 Å². The van der Waals surface area contributed by atoms with Gasteiger partial charge in [0.2, 0.25) is 0 Å². The normalized spacial score (nSPS) is 10.4. The highest BCUT2D eigenvalue weighted by atomic mass is 14.1. The van der Waals surface area contributed by atoms with Gasteiger partial charge in [0.05, 0.1) is 0 Å². The summed E-state index contributed by atoms with van der Waals surface area (Å²) in [6.07, 6.45) is 0. The second kappa shape index (κ2) is 4.10. The molecule has 0 saturated carbocycles. The minimum absolute atomic E-state index is 0.428. The molecule has 2 aromatic carbocycles. The third kappa shape index (κ3) is 1.85. The lowest BCUT2D eigenvalue weighted by atomic mass is 9.93. The maximum atomic E-state index is 3.27. The van der Waals surface area contributed by atoms with Crippen LogP contribution in [-0.2, 0) is 0 Å². The number of rotatable bonds is 2. The van der Waals surface area contributed by atoms with E-state index in [2.05, 4.69) is 49.4 Å². The van der Waals surface area contributed by atoms with Crippen LogP contribution in [0.1, 0.15) is 24.0 Å². The van der Waals surface area contributed by atoms with E-state index in [0.29, 0.717) is 5.92 Å². The molecule has 0 heteroatoms. The molecule has 1 radical (unpaired) electrons. The molecule has 0 fully saturated rings. The first-order valence-electron chi connectivity index (χ1n) is 4.89. The lowest BCUT2D eigenvalue weighted by Gasteiger charge is -2.11. The van der Waals surface area contributed by atoms with E-state index in [1.807, 2.05) is 18.2 Å². The maximum absolute atomic E-state index is 3.27. The van der Waals surface area contributed by atoms with Crippen molar-refractivity contribution in [3.63, 3.8) is 0 Å². The van der Waals surface area contributed by atoms with Gasteiger partial charge in [0.25, 0.3) is 0 Å². The fourth-order valence-electron chi connectivity index (χ4n) is 1.60. The van der Waals surface area contributed by atoms with Crippen molar-refractivity contribution in [2.24, 2.45) is 0 Å². The van der Waals surface area contributed by atoms with Gasteiger partial charge >= 0.3 is 0 Å². The monoisotopic (exact) mass is 181 g/mol. The Hall–Kier alpha value is -1.56. The van der Waals surface area contributed by atoms with E-state index in [1.54, 1.807) is 0 Å². The molecule has 0 aliphatic carbocycles. The number of hydrogen-bond acceptors (Lipinski definition) is 0. The first kappa shape index (κ1) is 9.01. The highest BCUT2D eigenvalue weighted by molar-refractivity contribution is 5.30. The lowest BCUT2D eigenvalue weighted by Crippen LogP contribution is -1.94. The predicted molar refractivity (Wildman–Crippen MR) is 59.2 cm³/mol. The molecular weight excluding hydrogens is 168 g/mol. The largest absolute Gasteiger partial charge is 0.0622 e.